The Hall–Kier alpha value is -0.680. The molecule has 17 heavy (non-hydrogen) atoms. The lowest BCUT2D eigenvalue weighted by Gasteiger charge is -2.32. The summed E-state index contributed by atoms with van der Waals surface area (Å²) in [6, 6.07) is 0.760. The van der Waals surface area contributed by atoms with Crippen LogP contribution in [0.4, 0.5) is 5.13 Å². The number of hydrogen-bond donors (Lipinski definition) is 1. The molecule has 1 aliphatic carbocycles. The normalized spacial score (nSPS) is 17.6. The average Bonchev–Trinajstić information content (AvgIpc) is 2.84. The van der Waals surface area contributed by atoms with Gasteiger partial charge in [-0.3, -0.25) is 4.90 Å². The molecule has 1 heterocycles. The summed E-state index contributed by atoms with van der Waals surface area (Å²) in [5, 5.41) is 13.4. The highest BCUT2D eigenvalue weighted by molar-refractivity contribution is 7.15. The van der Waals surface area contributed by atoms with Crippen LogP contribution in [0.1, 0.15) is 44.0 Å². The second-order valence-electron chi connectivity index (χ2n) is 4.61. The Bertz CT molecular complexity index is 333. The SMILES string of the molecule is CCN(Cc1nnc(NC)s1)C1CCCCC1. The number of nitrogens with zero attached hydrogens (tertiary/aromatic N) is 3. The van der Waals surface area contributed by atoms with Crippen LogP contribution < -0.4 is 5.32 Å². The van der Waals surface area contributed by atoms with E-state index in [1.165, 1.54) is 32.1 Å². The maximum atomic E-state index is 4.23. The van der Waals surface area contributed by atoms with Crippen LogP contribution >= 0.6 is 11.3 Å². The van der Waals surface area contributed by atoms with Crippen molar-refractivity contribution in [1.82, 2.24) is 15.1 Å². The minimum absolute atomic E-state index is 0.760. The van der Waals surface area contributed by atoms with Gasteiger partial charge in [0.1, 0.15) is 5.01 Å². The van der Waals surface area contributed by atoms with Crippen molar-refractivity contribution in [3.8, 4) is 0 Å². The zero-order chi connectivity index (χ0) is 12.1. The molecule has 0 spiro atoms. The monoisotopic (exact) mass is 254 g/mol. The lowest BCUT2D eigenvalue weighted by atomic mass is 9.94. The molecule has 1 aliphatic rings. The van der Waals surface area contributed by atoms with Gasteiger partial charge in [-0.25, -0.2) is 0 Å². The van der Waals surface area contributed by atoms with E-state index in [9.17, 15) is 0 Å². The van der Waals surface area contributed by atoms with E-state index in [4.69, 9.17) is 0 Å². The minimum atomic E-state index is 0.760. The molecule has 1 fully saturated rings. The average molecular weight is 254 g/mol. The molecule has 0 aromatic carbocycles. The molecule has 0 saturated heterocycles. The summed E-state index contributed by atoms with van der Waals surface area (Å²) in [6.45, 7) is 4.31. The van der Waals surface area contributed by atoms with Crippen LogP contribution in [-0.2, 0) is 6.54 Å². The van der Waals surface area contributed by atoms with E-state index in [0.29, 0.717) is 0 Å². The molecule has 1 aromatic rings. The first-order valence-electron chi connectivity index (χ1n) is 6.57. The van der Waals surface area contributed by atoms with Crippen molar-refractivity contribution in [3.63, 3.8) is 0 Å². The molecule has 0 unspecified atom stereocenters. The number of rotatable bonds is 5. The Morgan fingerprint density at radius 3 is 2.65 bits per heavy atom. The molecule has 96 valence electrons. The molecule has 0 aliphatic heterocycles. The molecule has 1 saturated carbocycles. The molecule has 0 amide bonds. The van der Waals surface area contributed by atoms with Gasteiger partial charge in [-0.05, 0) is 19.4 Å². The van der Waals surface area contributed by atoms with Gasteiger partial charge in [-0.15, -0.1) is 10.2 Å². The summed E-state index contributed by atoms with van der Waals surface area (Å²) in [4.78, 5) is 2.55. The Balaban J connectivity index is 1.93. The van der Waals surface area contributed by atoms with Gasteiger partial charge in [-0.2, -0.15) is 0 Å². The van der Waals surface area contributed by atoms with Crippen LogP contribution in [0.2, 0.25) is 0 Å². The molecular weight excluding hydrogens is 232 g/mol. The molecule has 0 atom stereocenters. The Morgan fingerprint density at radius 1 is 1.29 bits per heavy atom. The summed E-state index contributed by atoms with van der Waals surface area (Å²) in [5.41, 5.74) is 0. The second kappa shape index (κ2) is 6.31. The summed E-state index contributed by atoms with van der Waals surface area (Å²) < 4.78 is 0. The first-order chi connectivity index (χ1) is 8.33. The maximum absolute atomic E-state index is 4.23. The summed E-state index contributed by atoms with van der Waals surface area (Å²) in [7, 11) is 1.89. The molecule has 0 radical (unpaired) electrons. The number of hydrogen-bond acceptors (Lipinski definition) is 5. The van der Waals surface area contributed by atoms with Crippen LogP contribution in [0, 0.1) is 0 Å². The first kappa shape index (κ1) is 12.8. The lowest BCUT2D eigenvalue weighted by molar-refractivity contribution is 0.155. The van der Waals surface area contributed by atoms with Crippen LogP contribution in [0.15, 0.2) is 0 Å². The first-order valence-corrected chi connectivity index (χ1v) is 7.39. The van der Waals surface area contributed by atoms with E-state index < -0.39 is 0 Å². The van der Waals surface area contributed by atoms with Crippen molar-refractivity contribution >= 4 is 16.5 Å². The van der Waals surface area contributed by atoms with Crippen molar-refractivity contribution in [1.29, 1.82) is 0 Å². The third-order valence-corrected chi connectivity index (χ3v) is 4.44. The van der Waals surface area contributed by atoms with Crippen molar-refractivity contribution in [2.75, 3.05) is 18.9 Å². The smallest absolute Gasteiger partial charge is 0.205 e. The van der Waals surface area contributed by atoms with E-state index in [0.717, 1.165) is 29.3 Å². The van der Waals surface area contributed by atoms with Crippen molar-refractivity contribution < 1.29 is 0 Å². The molecule has 1 aromatic heterocycles. The van der Waals surface area contributed by atoms with Gasteiger partial charge < -0.3 is 5.32 Å². The minimum Gasteiger partial charge on any atom is -0.363 e. The fourth-order valence-electron chi connectivity index (χ4n) is 2.54. The van der Waals surface area contributed by atoms with Crippen molar-refractivity contribution in [2.45, 2.75) is 51.6 Å². The van der Waals surface area contributed by atoms with E-state index in [1.54, 1.807) is 11.3 Å². The highest BCUT2D eigenvalue weighted by atomic mass is 32.1. The maximum Gasteiger partial charge on any atom is 0.205 e. The highest BCUT2D eigenvalue weighted by Crippen LogP contribution is 2.25. The molecule has 1 N–H and O–H groups in total. The molecular formula is C12H22N4S. The zero-order valence-electron chi connectivity index (χ0n) is 10.8. The van der Waals surface area contributed by atoms with Crippen LogP contribution in [-0.4, -0.2) is 34.7 Å². The largest absolute Gasteiger partial charge is 0.363 e. The highest BCUT2D eigenvalue weighted by Gasteiger charge is 2.20. The van der Waals surface area contributed by atoms with E-state index >= 15 is 0 Å². The zero-order valence-corrected chi connectivity index (χ0v) is 11.6. The Morgan fingerprint density at radius 2 is 2.06 bits per heavy atom. The third kappa shape index (κ3) is 3.39. The van der Waals surface area contributed by atoms with Crippen molar-refractivity contribution in [3.05, 3.63) is 5.01 Å². The molecule has 2 rings (SSSR count). The van der Waals surface area contributed by atoms with Gasteiger partial charge in [0.2, 0.25) is 5.13 Å². The van der Waals surface area contributed by atoms with Crippen LogP contribution in [0.25, 0.3) is 0 Å². The van der Waals surface area contributed by atoms with Gasteiger partial charge in [0.15, 0.2) is 0 Å². The standard InChI is InChI=1S/C12H22N4S/c1-3-16(10-7-5-4-6-8-10)9-11-14-15-12(13-2)17-11/h10H,3-9H2,1-2H3,(H,13,15). The second-order valence-corrected chi connectivity index (χ2v) is 5.67. The van der Waals surface area contributed by atoms with Gasteiger partial charge in [0.05, 0.1) is 6.54 Å². The summed E-state index contributed by atoms with van der Waals surface area (Å²) in [6.07, 6.45) is 6.89. The number of nitrogens with one attached hydrogen (secondary N) is 1. The van der Waals surface area contributed by atoms with Crippen LogP contribution in [0.5, 0.6) is 0 Å². The fourth-order valence-corrected chi connectivity index (χ4v) is 3.26. The van der Waals surface area contributed by atoms with Crippen molar-refractivity contribution in [2.24, 2.45) is 0 Å². The van der Waals surface area contributed by atoms with Crippen LogP contribution in [0.3, 0.4) is 0 Å². The van der Waals surface area contributed by atoms with E-state index in [-0.39, 0.29) is 0 Å². The summed E-state index contributed by atoms with van der Waals surface area (Å²) >= 11 is 1.67. The molecule has 5 heteroatoms. The van der Waals surface area contributed by atoms with E-state index in [2.05, 4.69) is 27.3 Å². The molecule has 4 nitrogen and oxygen atoms in total. The van der Waals surface area contributed by atoms with Gasteiger partial charge >= 0.3 is 0 Å². The quantitative estimate of drug-likeness (QED) is 0.877. The predicted molar refractivity (Wildman–Crippen MR) is 72.4 cm³/mol. The van der Waals surface area contributed by atoms with Gasteiger partial charge in [-0.1, -0.05) is 37.5 Å². The lowest BCUT2D eigenvalue weighted by Crippen LogP contribution is -2.36. The molecule has 0 bridgehead atoms. The topological polar surface area (TPSA) is 41.1 Å². The fraction of sp³-hybridized carbons (Fsp3) is 0.833. The third-order valence-electron chi connectivity index (χ3n) is 3.52. The predicted octanol–water partition coefficient (Wildman–Crippen LogP) is 2.73. The number of aromatic nitrogens is 2. The summed E-state index contributed by atoms with van der Waals surface area (Å²) in [5.74, 6) is 0. The Kier molecular flexibility index (Phi) is 4.74. The Labute approximate surface area is 107 Å². The van der Waals surface area contributed by atoms with Gasteiger partial charge in [0, 0.05) is 13.1 Å². The van der Waals surface area contributed by atoms with Gasteiger partial charge in [0.25, 0.3) is 0 Å². The van der Waals surface area contributed by atoms with E-state index in [1.807, 2.05) is 7.05 Å². The number of anilines is 1.